The number of aromatic nitrogens is 3. The maximum absolute atomic E-state index is 14.0. The van der Waals surface area contributed by atoms with Crippen molar-refractivity contribution in [2.45, 2.75) is 63.8 Å². The van der Waals surface area contributed by atoms with Crippen molar-refractivity contribution in [1.82, 2.24) is 19.9 Å². The summed E-state index contributed by atoms with van der Waals surface area (Å²) in [4.78, 5) is 44.2. The van der Waals surface area contributed by atoms with Crippen molar-refractivity contribution in [2.24, 2.45) is 0 Å². The van der Waals surface area contributed by atoms with E-state index in [4.69, 9.17) is 14.7 Å². The van der Waals surface area contributed by atoms with Gasteiger partial charge in [-0.3, -0.25) is 14.6 Å². The standard InChI is InChI=1S/C31H33N7O3/c1-3-24-26(11-7-15-33-24)41-30-34-25-18-31(13-6-9-21-8-4-5-10-23(21)31)29(40)35-27(25)28(36-30)37-16-17-38(20(2)39)22(19-37)12-14-32/h4-5,7-8,10-11,15,22H,3,6,9,12-13,16-19H2,1-2H3,(H,35,40)/t22-,31?/m0/s1. The number of amides is 2. The number of hydrogen-bond donors (Lipinski definition) is 1. The SMILES string of the molecule is CCc1ncccc1Oc1nc2c(c(N3CCN(C(C)=O)[C@@H](CC#N)C3)n1)NC(=O)C1(CCCc3ccccc31)C2. The normalized spacial score (nSPS) is 21.5. The molecule has 4 heterocycles. The van der Waals surface area contributed by atoms with Gasteiger partial charge in [0.15, 0.2) is 11.6 Å². The number of aryl methyl sites for hydroxylation is 2. The number of carbonyl (C=O) groups excluding carboxylic acids is 2. The summed E-state index contributed by atoms with van der Waals surface area (Å²) in [6, 6.07) is 14.0. The highest BCUT2D eigenvalue weighted by Crippen LogP contribution is 2.46. The first-order chi connectivity index (χ1) is 19.9. The van der Waals surface area contributed by atoms with Crippen LogP contribution in [-0.2, 0) is 34.3 Å². The highest BCUT2D eigenvalue weighted by molar-refractivity contribution is 6.04. The third-order valence-electron chi connectivity index (χ3n) is 8.57. The minimum absolute atomic E-state index is 0.0489. The number of nitrogens with one attached hydrogen (secondary N) is 1. The summed E-state index contributed by atoms with van der Waals surface area (Å²) in [5, 5.41) is 12.7. The van der Waals surface area contributed by atoms with Crippen LogP contribution in [0, 0.1) is 11.3 Å². The van der Waals surface area contributed by atoms with Gasteiger partial charge >= 0.3 is 6.01 Å². The van der Waals surface area contributed by atoms with Crippen molar-refractivity contribution in [3.8, 4) is 17.8 Å². The topological polar surface area (TPSA) is 124 Å². The van der Waals surface area contributed by atoms with E-state index in [1.54, 1.807) is 11.1 Å². The second kappa shape index (κ2) is 10.8. The van der Waals surface area contributed by atoms with E-state index in [1.807, 2.05) is 36.1 Å². The Morgan fingerprint density at radius 1 is 1.22 bits per heavy atom. The van der Waals surface area contributed by atoms with E-state index in [9.17, 15) is 14.9 Å². The summed E-state index contributed by atoms with van der Waals surface area (Å²) >= 11 is 0. The molecular weight excluding hydrogens is 518 g/mol. The van der Waals surface area contributed by atoms with E-state index in [-0.39, 0.29) is 30.3 Å². The predicted octanol–water partition coefficient (Wildman–Crippen LogP) is 3.95. The van der Waals surface area contributed by atoms with Crippen LogP contribution in [0.5, 0.6) is 11.8 Å². The summed E-state index contributed by atoms with van der Waals surface area (Å²) < 4.78 is 6.26. The molecule has 6 rings (SSSR count). The molecule has 1 unspecified atom stereocenters. The van der Waals surface area contributed by atoms with Gasteiger partial charge < -0.3 is 19.9 Å². The van der Waals surface area contributed by atoms with Crippen molar-refractivity contribution in [1.29, 1.82) is 5.26 Å². The molecule has 3 aliphatic rings. The quantitative estimate of drug-likeness (QED) is 0.506. The molecule has 1 spiro atoms. The fraction of sp³-hybridized carbons (Fsp3) is 0.419. The minimum atomic E-state index is -0.718. The number of carbonyl (C=O) groups is 2. The number of ether oxygens (including phenoxy) is 1. The van der Waals surface area contributed by atoms with Crippen molar-refractivity contribution < 1.29 is 14.3 Å². The first-order valence-electron chi connectivity index (χ1n) is 14.2. The number of pyridine rings is 1. The summed E-state index contributed by atoms with van der Waals surface area (Å²) in [5.41, 5.74) is 3.63. The van der Waals surface area contributed by atoms with Crippen molar-refractivity contribution >= 4 is 23.3 Å². The number of fused-ring (bicyclic) bond motifs is 3. The van der Waals surface area contributed by atoms with Crippen molar-refractivity contribution in [3.63, 3.8) is 0 Å². The van der Waals surface area contributed by atoms with Gasteiger partial charge in [-0.15, -0.1) is 0 Å². The average Bonchev–Trinajstić information content (AvgIpc) is 2.98. The molecule has 1 aliphatic carbocycles. The Hall–Kier alpha value is -4.52. The van der Waals surface area contributed by atoms with Gasteiger partial charge in [-0.1, -0.05) is 31.2 Å². The Labute approximate surface area is 239 Å². The van der Waals surface area contributed by atoms with Crippen LogP contribution in [-0.4, -0.2) is 57.3 Å². The molecule has 1 aromatic carbocycles. The number of nitriles is 1. The Balaban J connectivity index is 1.44. The van der Waals surface area contributed by atoms with E-state index in [0.717, 1.165) is 30.5 Å². The van der Waals surface area contributed by atoms with Gasteiger partial charge in [-0.25, -0.2) is 0 Å². The zero-order valence-corrected chi connectivity index (χ0v) is 23.4. The van der Waals surface area contributed by atoms with Crippen LogP contribution in [0.4, 0.5) is 11.5 Å². The molecular formula is C31H33N7O3. The van der Waals surface area contributed by atoms with Crippen LogP contribution >= 0.6 is 0 Å². The Bertz CT molecular complexity index is 1550. The zero-order valence-electron chi connectivity index (χ0n) is 23.4. The largest absolute Gasteiger partial charge is 0.422 e. The van der Waals surface area contributed by atoms with Gasteiger partial charge in [0.2, 0.25) is 11.8 Å². The van der Waals surface area contributed by atoms with E-state index >= 15 is 0 Å². The van der Waals surface area contributed by atoms with Crippen LogP contribution in [0.2, 0.25) is 0 Å². The predicted molar refractivity (Wildman–Crippen MR) is 153 cm³/mol. The van der Waals surface area contributed by atoms with Gasteiger partial charge in [0.25, 0.3) is 0 Å². The second-order valence-electron chi connectivity index (χ2n) is 11.0. The molecule has 2 atom stereocenters. The maximum atomic E-state index is 14.0. The van der Waals surface area contributed by atoms with E-state index in [2.05, 4.69) is 28.5 Å². The fourth-order valence-electron chi connectivity index (χ4n) is 6.56. The van der Waals surface area contributed by atoms with Crippen LogP contribution < -0.4 is 15.0 Å². The van der Waals surface area contributed by atoms with Crippen molar-refractivity contribution in [2.75, 3.05) is 29.9 Å². The first-order valence-corrected chi connectivity index (χ1v) is 14.2. The molecule has 1 N–H and O–H groups in total. The van der Waals surface area contributed by atoms with Gasteiger partial charge in [0, 0.05) is 39.2 Å². The molecule has 210 valence electrons. The third kappa shape index (κ3) is 4.75. The highest BCUT2D eigenvalue weighted by Gasteiger charge is 2.48. The molecule has 2 amide bonds. The van der Waals surface area contributed by atoms with Crippen LogP contribution in [0.3, 0.4) is 0 Å². The molecule has 10 heteroatoms. The lowest BCUT2D eigenvalue weighted by atomic mass is 9.65. The molecule has 1 fully saturated rings. The number of benzene rings is 1. The second-order valence-corrected chi connectivity index (χ2v) is 11.0. The number of rotatable bonds is 5. The minimum Gasteiger partial charge on any atom is -0.422 e. The number of nitrogens with zero attached hydrogens (tertiary/aromatic N) is 6. The number of piperazine rings is 1. The summed E-state index contributed by atoms with van der Waals surface area (Å²) in [6.07, 6.45) is 5.65. The molecule has 10 nitrogen and oxygen atoms in total. The molecule has 0 bridgehead atoms. The van der Waals surface area contributed by atoms with E-state index in [1.165, 1.54) is 12.5 Å². The van der Waals surface area contributed by atoms with Crippen LogP contribution in [0.1, 0.15) is 55.6 Å². The molecule has 0 saturated carbocycles. The molecule has 1 saturated heterocycles. The Morgan fingerprint density at radius 3 is 2.88 bits per heavy atom. The fourth-order valence-corrected chi connectivity index (χ4v) is 6.56. The van der Waals surface area contributed by atoms with Crippen molar-refractivity contribution in [3.05, 3.63) is 65.1 Å². The highest BCUT2D eigenvalue weighted by atomic mass is 16.5. The van der Waals surface area contributed by atoms with Crippen LogP contribution in [0.25, 0.3) is 0 Å². The Kier molecular flexibility index (Phi) is 7.03. The number of hydrogen-bond acceptors (Lipinski definition) is 8. The van der Waals surface area contributed by atoms with Gasteiger partial charge in [0.05, 0.1) is 35.3 Å². The van der Waals surface area contributed by atoms with Gasteiger partial charge in [-0.2, -0.15) is 15.2 Å². The van der Waals surface area contributed by atoms with E-state index < -0.39 is 5.41 Å². The van der Waals surface area contributed by atoms with E-state index in [0.29, 0.717) is 55.4 Å². The smallest absolute Gasteiger partial charge is 0.324 e. The molecule has 0 radical (unpaired) electrons. The third-order valence-corrected chi connectivity index (χ3v) is 8.57. The van der Waals surface area contributed by atoms with Gasteiger partial charge in [-0.05, 0) is 48.9 Å². The summed E-state index contributed by atoms with van der Waals surface area (Å²) in [5.74, 6) is 1.02. The lowest BCUT2D eigenvalue weighted by Crippen LogP contribution is -2.55. The zero-order chi connectivity index (χ0) is 28.6. The van der Waals surface area contributed by atoms with Gasteiger partial charge in [0.1, 0.15) is 5.69 Å². The molecule has 2 aromatic heterocycles. The summed E-state index contributed by atoms with van der Waals surface area (Å²) in [6.45, 7) is 4.90. The summed E-state index contributed by atoms with van der Waals surface area (Å²) in [7, 11) is 0. The molecule has 2 aliphatic heterocycles. The lowest BCUT2D eigenvalue weighted by Gasteiger charge is -2.44. The lowest BCUT2D eigenvalue weighted by molar-refractivity contribution is -0.131. The Morgan fingerprint density at radius 2 is 2.07 bits per heavy atom. The first kappa shape index (κ1) is 26.7. The average molecular weight is 552 g/mol. The van der Waals surface area contributed by atoms with Crippen LogP contribution in [0.15, 0.2) is 42.6 Å². The maximum Gasteiger partial charge on any atom is 0.324 e. The molecule has 3 aromatic rings. The number of anilines is 2. The monoisotopic (exact) mass is 551 g/mol. The molecule has 41 heavy (non-hydrogen) atoms.